The lowest BCUT2D eigenvalue weighted by Gasteiger charge is -2.25. The van der Waals surface area contributed by atoms with Crippen LogP contribution in [0.5, 0.6) is 0 Å². The second-order valence-corrected chi connectivity index (χ2v) is 7.57. The molecule has 1 aliphatic rings. The van der Waals surface area contributed by atoms with Gasteiger partial charge in [-0.05, 0) is 45.7 Å². The Kier molecular flexibility index (Phi) is 6.22. The predicted molar refractivity (Wildman–Crippen MR) is 92.8 cm³/mol. The van der Waals surface area contributed by atoms with Gasteiger partial charge in [0.05, 0.1) is 6.10 Å². The smallest absolute Gasteiger partial charge is 0.223 e. The minimum Gasteiger partial charge on any atom is -0.376 e. The van der Waals surface area contributed by atoms with Crippen LogP contribution >= 0.6 is 23.1 Å². The maximum atomic E-state index is 12.7. The van der Waals surface area contributed by atoms with Crippen molar-refractivity contribution >= 4 is 29.0 Å². The molecule has 7 nitrogen and oxygen atoms in total. The summed E-state index contributed by atoms with van der Waals surface area (Å²) in [6.07, 6.45) is 2.75. The van der Waals surface area contributed by atoms with Gasteiger partial charge < -0.3 is 9.64 Å². The standard InChI is InChI=1S/C15H21N5O2S2/c1-19-15(16-17-18-19)24-8-5-14(21)20(9-12-4-7-23-11-12)10-13-3-2-6-22-13/h4,7,11,13H,2-3,5-6,8-10H2,1H3. The highest BCUT2D eigenvalue weighted by molar-refractivity contribution is 7.99. The summed E-state index contributed by atoms with van der Waals surface area (Å²) in [4.78, 5) is 14.6. The number of ether oxygens (including phenoxy) is 1. The van der Waals surface area contributed by atoms with Gasteiger partial charge in [-0.1, -0.05) is 11.8 Å². The van der Waals surface area contributed by atoms with Crippen molar-refractivity contribution in [3.8, 4) is 0 Å². The number of hydrogen-bond acceptors (Lipinski definition) is 7. The Balaban J connectivity index is 1.54. The molecule has 0 N–H and O–H groups in total. The van der Waals surface area contributed by atoms with Crippen molar-refractivity contribution in [1.82, 2.24) is 25.1 Å². The number of aryl methyl sites for hydroxylation is 1. The van der Waals surface area contributed by atoms with Crippen molar-refractivity contribution < 1.29 is 9.53 Å². The first-order valence-electron chi connectivity index (χ1n) is 7.98. The lowest BCUT2D eigenvalue weighted by molar-refractivity contribution is -0.133. The summed E-state index contributed by atoms with van der Waals surface area (Å²) in [6.45, 7) is 2.13. The van der Waals surface area contributed by atoms with Gasteiger partial charge in [0, 0.05) is 38.9 Å². The molecular weight excluding hydrogens is 346 g/mol. The largest absolute Gasteiger partial charge is 0.376 e. The Hall–Kier alpha value is -1.45. The van der Waals surface area contributed by atoms with E-state index in [0.29, 0.717) is 25.3 Å². The summed E-state index contributed by atoms with van der Waals surface area (Å²) in [5.41, 5.74) is 1.18. The van der Waals surface area contributed by atoms with Gasteiger partial charge in [-0.2, -0.15) is 11.3 Å². The van der Waals surface area contributed by atoms with E-state index in [4.69, 9.17) is 4.74 Å². The maximum Gasteiger partial charge on any atom is 0.223 e. The van der Waals surface area contributed by atoms with E-state index in [-0.39, 0.29) is 12.0 Å². The molecule has 3 rings (SSSR count). The SMILES string of the molecule is Cn1nnnc1SCCC(=O)N(Cc1ccsc1)CC1CCCO1. The molecule has 1 unspecified atom stereocenters. The highest BCUT2D eigenvalue weighted by Gasteiger charge is 2.23. The molecule has 0 saturated carbocycles. The van der Waals surface area contributed by atoms with Gasteiger partial charge in [0.2, 0.25) is 11.1 Å². The zero-order chi connectivity index (χ0) is 16.8. The van der Waals surface area contributed by atoms with Gasteiger partial charge in [-0.25, -0.2) is 4.68 Å². The first kappa shape index (κ1) is 17.4. The fourth-order valence-corrected chi connectivity index (χ4v) is 4.06. The molecule has 0 aliphatic carbocycles. The summed E-state index contributed by atoms with van der Waals surface area (Å²) < 4.78 is 7.32. The third kappa shape index (κ3) is 4.78. The number of thioether (sulfide) groups is 1. The van der Waals surface area contributed by atoms with Crippen molar-refractivity contribution in [1.29, 1.82) is 0 Å². The van der Waals surface area contributed by atoms with Crippen molar-refractivity contribution in [2.45, 2.75) is 37.1 Å². The quantitative estimate of drug-likeness (QED) is 0.664. The fraction of sp³-hybridized carbons (Fsp3) is 0.600. The van der Waals surface area contributed by atoms with Crippen LogP contribution in [0.2, 0.25) is 0 Å². The van der Waals surface area contributed by atoms with E-state index in [0.717, 1.165) is 24.6 Å². The van der Waals surface area contributed by atoms with Crippen LogP contribution < -0.4 is 0 Å². The fourth-order valence-electron chi connectivity index (χ4n) is 2.62. The minimum absolute atomic E-state index is 0.152. The van der Waals surface area contributed by atoms with Crippen molar-refractivity contribution in [3.63, 3.8) is 0 Å². The van der Waals surface area contributed by atoms with Crippen LogP contribution in [0.1, 0.15) is 24.8 Å². The van der Waals surface area contributed by atoms with E-state index in [9.17, 15) is 4.79 Å². The minimum atomic E-state index is 0.152. The number of hydrogen-bond donors (Lipinski definition) is 0. The van der Waals surface area contributed by atoms with Gasteiger partial charge in [0.25, 0.3) is 0 Å². The van der Waals surface area contributed by atoms with E-state index < -0.39 is 0 Å². The summed E-state index contributed by atoms with van der Waals surface area (Å²) in [5, 5.41) is 16.2. The number of nitrogens with zero attached hydrogens (tertiary/aromatic N) is 5. The van der Waals surface area contributed by atoms with E-state index in [2.05, 4.69) is 27.0 Å². The number of carbonyl (C=O) groups is 1. The number of rotatable bonds is 8. The molecule has 1 atom stereocenters. The Morgan fingerprint density at radius 1 is 1.58 bits per heavy atom. The van der Waals surface area contributed by atoms with E-state index >= 15 is 0 Å². The molecule has 130 valence electrons. The van der Waals surface area contributed by atoms with Crippen molar-refractivity contribution in [3.05, 3.63) is 22.4 Å². The molecule has 0 radical (unpaired) electrons. The van der Waals surface area contributed by atoms with Crippen LogP contribution in [0.25, 0.3) is 0 Å². The van der Waals surface area contributed by atoms with Gasteiger partial charge in [0.15, 0.2) is 0 Å². The highest BCUT2D eigenvalue weighted by Crippen LogP contribution is 2.19. The van der Waals surface area contributed by atoms with Crippen LogP contribution in [-0.4, -0.2) is 56.0 Å². The monoisotopic (exact) mass is 367 g/mol. The second-order valence-electron chi connectivity index (χ2n) is 5.72. The topological polar surface area (TPSA) is 73.1 Å². The molecule has 1 amide bonds. The van der Waals surface area contributed by atoms with Crippen LogP contribution in [-0.2, 0) is 23.1 Å². The van der Waals surface area contributed by atoms with Crippen LogP contribution in [0, 0.1) is 0 Å². The molecule has 2 aromatic heterocycles. The molecule has 0 spiro atoms. The van der Waals surface area contributed by atoms with Crippen LogP contribution in [0.15, 0.2) is 22.0 Å². The molecule has 1 saturated heterocycles. The molecule has 2 aromatic rings. The lowest BCUT2D eigenvalue weighted by Crippen LogP contribution is -2.37. The molecule has 24 heavy (non-hydrogen) atoms. The van der Waals surface area contributed by atoms with Crippen LogP contribution in [0.3, 0.4) is 0 Å². The Morgan fingerprint density at radius 2 is 2.50 bits per heavy atom. The Bertz CT molecular complexity index is 640. The summed E-state index contributed by atoms with van der Waals surface area (Å²) in [5.74, 6) is 0.818. The number of amides is 1. The first-order valence-corrected chi connectivity index (χ1v) is 9.91. The van der Waals surface area contributed by atoms with E-state index in [1.54, 1.807) is 23.1 Å². The third-order valence-corrected chi connectivity index (χ3v) is 5.63. The van der Waals surface area contributed by atoms with Gasteiger partial charge >= 0.3 is 0 Å². The summed E-state index contributed by atoms with van der Waals surface area (Å²) in [6, 6.07) is 2.07. The van der Waals surface area contributed by atoms with Gasteiger partial charge in [-0.3, -0.25) is 4.79 Å². The first-order chi connectivity index (χ1) is 11.7. The molecule has 1 aliphatic heterocycles. The second kappa shape index (κ2) is 8.59. The van der Waals surface area contributed by atoms with Crippen molar-refractivity contribution in [2.24, 2.45) is 7.05 Å². The molecular formula is C15H21N5O2S2. The highest BCUT2D eigenvalue weighted by atomic mass is 32.2. The summed E-state index contributed by atoms with van der Waals surface area (Å²) in [7, 11) is 1.80. The Labute approximate surface area is 149 Å². The Morgan fingerprint density at radius 3 is 3.17 bits per heavy atom. The van der Waals surface area contributed by atoms with Crippen LogP contribution in [0.4, 0.5) is 0 Å². The average molecular weight is 368 g/mol. The molecule has 0 aromatic carbocycles. The molecule has 0 bridgehead atoms. The zero-order valence-corrected chi connectivity index (χ0v) is 15.3. The lowest BCUT2D eigenvalue weighted by atomic mass is 10.2. The number of thiophene rings is 1. The third-order valence-electron chi connectivity index (χ3n) is 3.88. The van der Waals surface area contributed by atoms with E-state index in [1.807, 2.05) is 10.3 Å². The van der Waals surface area contributed by atoms with Gasteiger partial charge in [-0.15, -0.1) is 5.10 Å². The number of carbonyl (C=O) groups excluding carboxylic acids is 1. The van der Waals surface area contributed by atoms with E-state index in [1.165, 1.54) is 17.3 Å². The summed E-state index contributed by atoms with van der Waals surface area (Å²) >= 11 is 3.16. The molecule has 1 fully saturated rings. The maximum absolute atomic E-state index is 12.7. The number of aromatic nitrogens is 4. The average Bonchev–Trinajstić information content (AvgIpc) is 3.31. The zero-order valence-electron chi connectivity index (χ0n) is 13.6. The van der Waals surface area contributed by atoms with Crippen molar-refractivity contribution in [2.75, 3.05) is 18.9 Å². The predicted octanol–water partition coefficient (Wildman–Crippen LogP) is 1.96. The number of tetrazole rings is 1. The molecule has 9 heteroatoms. The normalized spacial score (nSPS) is 17.3. The molecule has 3 heterocycles. The van der Waals surface area contributed by atoms with Gasteiger partial charge in [0.1, 0.15) is 0 Å².